The fraction of sp³-hybridized carbons (Fsp3) is 0.278. The van der Waals surface area contributed by atoms with E-state index in [0.29, 0.717) is 18.1 Å². The Morgan fingerprint density at radius 3 is 2.64 bits per heavy atom. The van der Waals surface area contributed by atoms with Crippen LogP contribution in [0.1, 0.15) is 30.4 Å². The maximum atomic E-state index is 12.8. The summed E-state index contributed by atoms with van der Waals surface area (Å²) < 4.78 is 2.17. The van der Waals surface area contributed by atoms with Crippen molar-refractivity contribution in [2.45, 2.75) is 27.3 Å². The van der Waals surface area contributed by atoms with Crippen molar-refractivity contribution < 1.29 is 4.79 Å². The molecule has 0 radical (unpaired) electrons. The summed E-state index contributed by atoms with van der Waals surface area (Å²) in [7, 11) is 0. The van der Waals surface area contributed by atoms with Gasteiger partial charge in [-0.2, -0.15) is 9.78 Å². The summed E-state index contributed by atoms with van der Waals surface area (Å²) in [6, 6.07) is 11.3. The van der Waals surface area contributed by atoms with E-state index in [1.165, 1.54) is 16.0 Å². The number of thiophene rings is 1. The number of hydrogen-bond acceptors (Lipinski definition) is 5. The Morgan fingerprint density at radius 1 is 1.24 bits per heavy atom. The van der Waals surface area contributed by atoms with Crippen LogP contribution in [0, 0.1) is 5.41 Å². The van der Waals surface area contributed by atoms with Crippen molar-refractivity contribution in [3.63, 3.8) is 0 Å². The van der Waals surface area contributed by atoms with E-state index in [1.54, 1.807) is 6.20 Å². The Labute approximate surface area is 155 Å². The van der Waals surface area contributed by atoms with E-state index in [1.807, 2.05) is 57.2 Å². The number of rotatable bonds is 4. The van der Waals surface area contributed by atoms with E-state index in [9.17, 15) is 4.79 Å². The molecule has 0 unspecified atom stereocenters. The SMILES string of the molecule is CC(C)(C)C(=O)n1nc(-c2ccccn2)cc1NCc1ccc(Cl)s1. The molecule has 0 aliphatic carbocycles. The van der Waals surface area contributed by atoms with Gasteiger partial charge in [-0.25, -0.2) is 0 Å². The predicted octanol–water partition coefficient (Wildman–Crippen LogP) is 4.96. The van der Waals surface area contributed by atoms with E-state index < -0.39 is 5.41 Å². The zero-order chi connectivity index (χ0) is 18.0. The number of halogens is 1. The first-order valence-corrected chi connectivity index (χ1v) is 9.08. The van der Waals surface area contributed by atoms with Crippen LogP contribution in [0.25, 0.3) is 11.4 Å². The molecule has 1 N–H and O–H groups in total. The van der Waals surface area contributed by atoms with E-state index in [-0.39, 0.29) is 5.91 Å². The summed E-state index contributed by atoms with van der Waals surface area (Å²) in [6.45, 7) is 6.20. The Bertz CT molecular complexity index is 880. The quantitative estimate of drug-likeness (QED) is 0.701. The molecule has 0 aliphatic heterocycles. The van der Waals surface area contributed by atoms with E-state index in [4.69, 9.17) is 11.6 Å². The third kappa shape index (κ3) is 4.08. The molecule has 0 saturated carbocycles. The lowest BCUT2D eigenvalue weighted by Crippen LogP contribution is -2.28. The van der Waals surface area contributed by atoms with Crippen LogP contribution < -0.4 is 5.32 Å². The first-order valence-electron chi connectivity index (χ1n) is 7.89. The molecule has 7 heteroatoms. The van der Waals surface area contributed by atoms with Gasteiger partial charge in [-0.1, -0.05) is 38.4 Å². The zero-order valence-electron chi connectivity index (χ0n) is 14.3. The molecule has 0 saturated heterocycles. The molecule has 0 atom stereocenters. The van der Waals surface area contributed by atoms with Crippen molar-refractivity contribution in [2.24, 2.45) is 5.41 Å². The summed E-state index contributed by atoms with van der Waals surface area (Å²) in [5.74, 6) is 0.562. The van der Waals surface area contributed by atoms with Crippen LogP contribution >= 0.6 is 22.9 Å². The summed E-state index contributed by atoms with van der Waals surface area (Å²) >= 11 is 7.48. The zero-order valence-corrected chi connectivity index (χ0v) is 15.9. The second-order valence-corrected chi connectivity index (χ2v) is 8.46. The molecule has 0 fully saturated rings. The molecule has 25 heavy (non-hydrogen) atoms. The van der Waals surface area contributed by atoms with E-state index >= 15 is 0 Å². The molecule has 0 amide bonds. The lowest BCUT2D eigenvalue weighted by Gasteiger charge is -2.18. The highest BCUT2D eigenvalue weighted by Crippen LogP contribution is 2.26. The van der Waals surface area contributed by atoms with Crippen LogP contribution in [-0.4, -0.2) is 20.7 Å². The van der Waals surface area contributed by atoms with Gasteiger partial charge >= 0.3 is 0 Å². The van der Waals surface area contributed by atoms with Gasteiger partial charge in [0.1, 0.15) is 11.5 Å². The minimum atomic E-state index is -0.546. The third-order valence-electron chi connectivity index (χ3n) is 3.54. The van der Waals surface area contributed by atoms with Crippen LogP contribution in [0.2, 0.25) is 4.34 Å². The molecule has 0 aromatic carbocycles. The van der Waals surface area contributed by atoms with Crippen molar-refractivity contribution in [3.8, 4) is 11.4 Å². The van der Waals surface area contributed by atoms with Crippen LogP contribution in [0.4, 0.5) is 5.82 Å². The van der Waals surface area contributed by atoms with Crippen LogP contribution in [0.5, 0.6) is 0 Å². The van der Waals surface area contributed by atoms with E-state index in [0.717, 1.165) is 14.9 Å². The van der Waals surface area contributed by atoms with Crippen LogP contribution in [-0.2, 0) is 6.54 Å². The molecule has 3 aromatic rings. The molecule has 3 aromatic heterocycles. The first kappa shape index (κ1) is 17.6. The summed E-state index contributed by atoms with van der Waals surface area (Å²) in [5.41, 5.74) is 0.839. The highest BCUT2D eigenvalue weighted by molar-refractivity contribution is 7.16. The number of nitrogens with zero attached hydrogens (tertiary/aromatic N) is 3. The number of nitrogens with one attached hydrogen (secondary N) is 1. The fourth-order valence-electron chi connectivity index (χ4n) is 2.24. The van der Waals surface area contributed by atoms with Gasteiger partial charge in [-0.15, -0.1) is 11.3 Å². The summed E-state index contributed by atoms with van der Waals surface area (Å²) in [5, 5.41) is 7.77. The Kier molecular flexibility index (Phi) is 4.92. The van der Waals surface area contributed by atoms with Crippen molar-refractivity contribution in [2.75, 3.05) is 5.32 Å². The maximum absolute atomic E-state index is 12.8. The minimum absolute atomic E-state index is 0.0820. The first-order chi connectivity index (χ1) is 11.8. The molecule has 0 spiro atoms. The normalized spacial score (nSPS) is 11.5. The van der Waals surface area contributed by atoms with Gasteiger partial charge in [0.05, 0.1) is 16.6 Å². The minimum Gasteiger partial charge on any atom is -0.365 e. The fourth-order valence-corrected chi connectivity index (χ4v) is 3.27. The van der Waals surface area contributed by atoms with Gasteiger partial charge in [-0.3, -0.25) is 9.78 Å². The van der Waals surface area contributed by atoms with Crippen LogP contribution in [0.15, 0.2) is 42.6 Å². The molecule has 0 bridgehead atoms. The van der Waals surface area contributed by atoms with Gasteiger partial charge in [0.15, 0.2) is 0 Å². The molecular weight excluding hydrogens is 356 g/mol. The lowest BCUT2D eigenvalue weighted by atomic mass is 9.96. The second kappa shape index (κ2) is 6.98. The monoisotopic (exact) mass is 374 g/mol. The van der Waals surface area contributed by atoms with Crippen molar-refractivity contribution in [1.82, 2.24) is 14.8 Å². The van der Waals surface area contributed by atoms with Gasteiger partial charge in [0.2, 0.25) is 0 Å². The molecule has 5 nitrogen and oxygen atoms in total. The molecule has 130 valence electrons. The van der Waals surface area contributed by atoms with Crippen molar-refractivity contribution in [1.29, 1.82) is 0 Å². The van der Waals surface area contributed by atoms with Gasteiger partial charge < -0.3 is 5.32 Å². The van der Waals surface area contributed by atoms with Crippen molar-refractivity contribution >= 4 is 34.7 Å². The molecule has 3 rings (SSSR count). The largest absolute Gasteiger partial charge is 0.365 e. The highest BCUT2D eigenvalue weighted by atomic mass is 35.5. The van der Waals surface area contributed by atoms with Gasteiger partial charge in [0, 0.05) is 22.6 Å². The Balaban J connectivity index is 1.93. The highest BCUT2D eigenvalue weighted by Gasteiger charge is 2.27. The smallest absolute Gasteiger partial charge is 0.254 e. The topological polar surface area (TPSA) is 59.8 Å². The lowest BCUT2D eigenvalue weighted by molar-refractivity contribution is 0.0752. The number of pyridine rings is 1. The number of anilines is 1. The number of carbonyl (C=O) groups is 1. The number of aromatic nitrogens is 3. The number of carbonyl (C=O) groups excluding carboxylic acids is 1. The predicted molar refractivity (Wildman–Crippen MR) is 102 cm³/mol. The molecule has 3 heterocycles. The van der Waals surface area contributed by atoms with Gasteiger partial charge in [-0.05, 0) is 24.3 Å². The standard InChI is InChI=1S/C18H19ClN4OS/c1-18(2,3)17(24)23-16(21-11-12-7-8-15(19)25-12)10-14(22-23)13-6-4-5-9-20-13/h4-10,21H,11H2,1-3H3. The molecular formula is C18H19ClN4OS. The van der Waals surface area contributed by atoms with E-state index in [2.05, 4.69) is 15.4 Å². The molecule has 0 aliphatic rings. The summed E-state index contributed by atoms with van der Waals surface area (Å²) in [6.07, 6.45) is 1.71. The second-order valence-electron chi connectivity index (χ2n) is 6.66. The van der Waals surface area contributed by atoms with Crippen molar-refractivity contribution in [3.05, 3.63) is 51.8 Å². The average Bonchev–Trinajstić information content (AvgIpc) is 3.18. The third-order valence-corrected chi connectivity index (χ3v) is 4.77. The number of hydrogen-bond donors (Lipinski definition) is 1. The van der Waals surface area contributed by atoms with Crippen LogP contribution in [0.3, 0.4) is 0 Å². The average molecular weight is 375 g/mol. The maximum Gasteiger partial charge on any atom is 0.254 e. The Morgan fingerprint density at radius 2 is 2.04 bits per heavy atom. The van der Waals surface area contributed by atoms with Gasteiger partial charge in [0.25, 0.3) is 5.91 Å². The summed E-state index contributed by atoms with van der Waals surface area (Å²) in [4.78, 5) is 18.2. The Hall–Kier alpha value is -2.18.